The Morgan fingerprint density at radius 1 is 1.18 bits per heavy atom. The Balaban J connectivity index is 2.42. The zero-order valence-electron chi connectivity index (χ0n) is 8.89. The van der Waals surface area contributed by atoms with Crippen LogP contribution in [0, 0.1) is 0 Å². The number of alkyl halides is 3. The van der Waals surface area contributed by atoms with E-state index in [0.29, 0.717) is 18.8 Å². The number of rotatable bonds is 1. The van der Waals surface area contributed by atoms with Gasteiger partial charge in [-0.2, -0.15) is 13.2 Å². The van der Waals surface area contributed by atoms with E-state index in [9.17, 15) is 18.3 Å². The lowest BCUT2D eigenvalue weighted by Gasteiger charge is -2.21. The molecule has 94 valence electrons. The zero-order chi connectivity index (χ0) is 12.6. The number of aromatic hydroxyl groups is 1. The van der Waals surface area contributed by atoms with Crippen molar-refractivity contribution in [1.82, 2.24) is 0 Å². The number of nitrogens with zero attached hydrogens (tertiary/aromatic N) is 1. The minimum Gasteiger partial charge on any atom is -0.506 e. The molecule has 0 spiro atoms. The van der Waals surface area contributed by atoms with Crippen molar-refractivity contribution < 1.29 is 18.3 Å². The highest BCUT2D eigenvalue weighted by Gasteiger charge is 2.33. The molecule has 1 N–H and O–H groups in total. The summed E-state index contributed by atoms with van der Waals surface area (Å²) in [6.45, 7) is 1.41. The fourth-order valence-corrected chi connectivity index (χ4v) is 2.34. The van der Waals surface area contributed by atoms with Crippen LogP contribution in [0.4, 0.5) is 18.9 Å². The molecule has 0 saturated carbocycles. The van der Waals surface area contributed by atoms with Crippen LogP contribution in [0.1, 0.15) is 18.4 Å². The maximum atomic E-state index is 12.5. The maximum Gasteiger partial charge on any atom is 0.416 e. The predicted octanol–water partition coefficient (Wildman–Crippen LogP) is 3.66. The first-order valence-electron chi connectivity index (χ1n) is 5.24. The SMILES string of the molecule is Oc1cc(C(F)(F)F)cc(Cl)c1N1CCCC1. The van der Waals surface area contributed by atoms with Crippen LogP contribution in [-0.2, 0) is 6.18 Å². The number of hydrogen-bond donors (Lipinski definition) is 1. The van der Waals surface area contributed by atoms with Gasteiger partial charge >= 0.3 is 6.18 Å². The Morgan fingerprint density at radius 3 is 2.24 bits per heavy atom. The highest BCUT2D eigenvalue weighted by Crippen LogP contribution is 2.42. The molecule has 1 aliphatic rings. The molecule has 0 aliphatic carbocycles. The van der Waals surface area contributed by atoms with E-state index in [1.807, 2.05) is 0 Å². The van der Waals surface area contributed by atoms with E-state index in [2.05, 4.69) is 0 Å². The normalized spacial score (nSPS) is 16.6. The number of halogens is 4. The van der Waals surface area contributed by atoms with Crippen molar-refractivity contribution in [3.05, 3.63) is 22.7 Å². The summed E-state index contributed by atoms with van der Waals surface area (Å²) in [6.07, 6.45) is -2.59. The highest BCUT2D eigenvalue weighted by atomic mass is 35.5. The molecule has 1 aromatic rings. The van der Waals surface area contributed by atoms with Crippen molar-refractivity contribution in [3.8, 4) is 5.75 Å². The molecule has 0 atom stereocenters. The van der Waals surface area contributed by atoms with E-state index in [0.717, 1.165) is 25.0 Å². The molecular formula is C11H11ClF3NO. The second-order valence-corrected chi connectivity index (χ2v) is 4.42. The molecule has 0 amide bonds. The minimum atomic E-state index is -4.50. The van der Waals surface area contributed by atoms with Gasteiger partial charge in [0, 0.05) is 13.1 Å². The Labute approximate surface area is 102 Å². The monoisotopic (exact) mass is 265 g/mol. The summed E-state index contributed by atoms with van der Waals surface area (Å²) in [6, 6.07) is 1.58. The topological polar surface area (TPSA) is 23.5 Å². The van der Waals surface area contributed by atoms with Gasteiger partial charge in [0.25, 0.3) is 0 Å². The molecule has 1 aromatic carbocycles. The van der Waals surface area contributed by atoms with Crippen LogP contribution < -0.4 is 4.90 Å². The number of benzene rings is 1. The van der Waals surface area contributed by atoms with Gasteiger partial charge in [-0.3, -0.25) is 0 Å². The fraction of sp³-hybridized carbons (Fsp3) is 0.455. The third-order valence-electron chi connectivity index (χ3n) is 2.79. The van der Waals surface area contributed by atoms with Gasteiger partial charge in [0.15, 0.2) is 0 Å². The molecule has 1 saturated heterocycles. The smallest absolute Gasteiger partial charge is 0.416 e. The van der Waals surface area contributed by atoms with Crippen LogP contribution in [0.15, 0.2) is 12.1 Å². The number of phenols is 1. The number of anilines is 1. The van der Waals surface area contributed by atoms with Gasteiger partial charge in [-0.05, 0) is 25.0 Å². The van der Waals surface area contributed by atoms with Crippen LogP contribution in [0.5, 0.6) is 5.75 Å². The third-order valence-corrected chi connectivity index (χ3v) is 3.08. The van der Waals surface area contributed by atoms with Crippen LogP contribution >= 0.6 is 11.6 Å². The Hall–Kier alpha value is -1.10. The molecular weight excluding hydrogens is 255 g/mol. The Kier molecular flexibility index (Phi) is 3.12. The largest absolute Gasteiger partial charge is 0.506 e. The van der Waals surface area contributed by atoms with Crippen LogP contribution in [0.3, 0.4) is 0 Å². The second-order valence-electron chi connectivity index (χ2n) is 4.02. The summed E-state index contributed by atoms with van der Waals surface area (Å²) >= 11 is 5.82. The van der Waals surface area contributed by atoms with Crippen molar-refractivity contribution in [2.24, 2.45) is 0 Å². The molecule has 0 bridgehead atoms. The second kappa shape index (κ2) is 4.29. The molecule has 17 heavy (non-hydrogen) atoms. The van der Waals surface area contributed by atoms with Gasteiger partial charge in [-0.25, -0.2) is 0 Å². The molecule has 0 radical (unpaired) electrons. The lowest BCUT2D eigenvalue weighted by Crippen LogP contribution is -2.18. The van der Waals surface area contributed by atoms with Gasteiger partial charge < -0.3 is 10.0 Å². The van der Waals surface area contributed by atoms with E-state index in [1.165, 1.54) is 0 Å². The quantitative estimate of drug-likeness (QED) is 0.838. The molecule has 6 heteroatoms. The first-order chi connectivity index (χ1) is 7.89. The lowest BCUT2D eigenvalue weighted by molar-refractivity contribution is -0.137. The molecule has 1 aliphatic heterocycles. The average molecular weight is 266 g/mol. The maximum absolute atomic E-state index is 12.5. The standard InChI is InChI=1S/C11H11ClF3NO/c12-8-5-7(11(13,14)15)6-9(17)10(8)16-3-1-2-4-16/h5-6,17H,1-4H2. The van der Waals surface area contributed by atoms with Crippen molar-refractivity contribution >= 4 is 17.3 Å². The highest BCUT2D eigenvalue weighted by molar-refractivity contribution is 6.33. The van der Waals surface area contributed by atoms with Crippen LogP contribution in [0.2, 0.25) is 5.02 Å². The van der Waals surface area contributed by atoms with Gasteiger partial charge in [0.1, 0.15) is 5.75 Å². The number of hydrogen-bond acceptors (Lipinski definition) is 2. The van der Waals surface area contributed by atoms with E-state index in [4.69, 9.17) is 11.6 Å². The summed E-state index contributed by atoms with van der Waals surface area (Å²) in [7, 11) is 0. The van der Waals surface area contributed by atoms with Crippen molar-refractivity contribution in [2.75, 3.05) is 18.0 Å². The molecule has 1 heterocycles. The van der Waals surface area contributed by atoms with Gasteiger partial charge in [0.05, 0.1) is 16.3 Å². The van der Waals surface area contributed by atoms with Gasteiger partial charge in [0.2, 0.25) is 0 Å². The minimum absolute atomic E-state index is 0.0563. The van der Waals surface area contributed by atoms with Crippen LogP contribution in [-0.4, -0.2) is 18.2 Å². The molecule has 0 unspecified atom stereocenters. The summed E-state index contributed by atoms with van der Waals surface area (Å²) < 4.78 is 37.4. The third kappa shape index (κ3) is 2.44. The summed E-state index contributed by atoms with van der Waals surface area (Å²) in [5.41, 5.74) is -0.625. The first-order valence-corrected chi connectivity index (χ1v) is 5.62. The zero-order valence-corrected chi connectivity index (χ0v) is 9.65. The molecule has 2 rings (SSSR count). The Bertz CT molecular complexity index is 404. The van der Waals surface area contributed by atoms with Crippen molar-refractivity contribution in [1.29, 1.82) is 0 Å². The molecule has 0 aromatic heterocycles. The predicted molar refractivity (Wildman–Crippen MR) is 59.6 cm³/mol. The van der Waals surface area contributed by atoms with Gasteiger partial charge in [-0.15, -0.1) is 0 Å². The molecule has 1 fully saturated rings. The van der Waals surface area contributed by atoms with Crippen molar-refractivity contribution in [3.63, 3.8) is 0 Å². The summed E-state index contributed by atoms with van der Waals surface area (Å²) in [5, 5.41) is 9.61. The van der Waals surface area contributed by atoms with E-state index in [1.54, 1.807) is 4.90 Å². The van der Waals surface area contributed by atoms with Crippen molar-refractivity contribution in [2.45, 2.75) is 19.0 Å². The van der Waals surface area contributed by atoms with E-state index in [-0.39, 0.29) is 5.02 Å². The summed E-state index contributed by atoms with van der Waals surface area (Å²) in [5.74, 6) is -0.410. The summed E-state index contributed by atoms with van der Waals surface area (Å²) in [4.78, 5) is 1.80. The van der Waals surface area contributed by atoms with Crippen LogP contribution in [0.25, 0.3) is 0 Å². The first kappa shape index (κ1) is 12.4. The molecule has 2 nitrogen and oxygen atoms in total. The fourth-order valence-electron chi connectivity index (χ4n) is 2.00. The number of phenolic OH excluding ortho intramolecular Hbond substituents is 1. The van der Waals surface area contributed by atoms with E-state index >= 15 is 0 Å². The lowest BCUT2D eigenvalue weighted by atomic mass is 10.1. The van der Waals surface area contributed by atoms with Gasteiger partial charge in [-0.1, -0.05) is 11.6 Å². The van der Waals surface area contributed by atoms with E-state index < -0.39 is 17.5 Å². The Morgan fingerprint density at radius 2 is 1.76 bits per heavy atom. The average Bonchev–Trinajstić information content (AvgIpc) is 2.68.